The number of imide groups is 1. The highest BCUT2D eigenvalue weighted by atomic mass is 16.5. The van der Waals surface area contributed by atoms with Crippen LogP contribution in [-0.4, -0.2) is 17.1 Å². The fraction of sp³-hybridized carbons (Fsp3) is 0.267. The van der Waals surface area contributed by atoms with Gasteiger partial charge in [-0.3, -0.25) is 4.79 Å². The lowest BCUT2D eigenvalue weighted by Crippen LogP contribution is -2.42. The first-order chi connectivity index (χ1) is 10.1. The molecule has 1 aromatic carbocycles. The minimum atomic E-state index is -0.947. The second kappa shape index (κ2) is 3.94. The van der Waals surface area contributed by atoms with E-state index in [-0.39, 0.29) is 5.91 Å². The fourth-order valence-electron chi connectivity index (χ4n) is 3.26. The summed E-state index contributed by atoms with van der Waals surface area (Å²) in [6.07, 6.45) is 2.68. The van der Waals surface area contributed by atoms with E-state index in [1.165, 1.54) is 6.26 Å². The third-order valence-electron chi connectivity index (χ3n) is 4.30. The van der Waals surface area contributed by atoms with E-state index < -0.39 is 11.6 Å². The second-order valence-corrected chi connectivity index (χ2v) is 5.42. The molecule has 2 aromatic rings. The van der Waals surface area contributed by atoms with E-state index in [1.54, 1.807) is 6.92 Å². The number of anilines is 1. The summed E-state index contributed by atoms with van der Waals surface area (Å²) in [5.41, 5.74) is 1.97. The number of carbonyl (C=O) groups is 2. The van der Waals surface area contributed by atoms with E-state index in [4.69, 9.17) is 4.52 Å². The number of fused-ring (bicyclic) bond motifs is 2. The molecule has 1 fully saturated rings. The third kappa shape index (κ3) is 1.44. The zero-order valence-corrected chi connectivity index (χ0v) is 11.4. The summed E-state index contributed by atoms with van der Waals surface area (Å²) < 4.78 is 4.85. The van der Waals surface area contributed by atoms with Gasteiger partial charge in [0.05, 0.1) is 0 Å². The maximum absolute atomic E-state index is 12.9. The number of benzene rings is 1. The quantitative estimate of drug-likeness (QED) is 0.811. The maximum atomic E-state index is 12.9. The van der Waals surface area contributed by atoms with Gasteiger partial charge in [-0.05, 0) is 30.9 Å². The van der Waals surface area contributed by atoms with Crippen LogP contribution < -0.4 is 10.2 Å². The molecule has 1 atom stereocenters. The molecule has 1 N–H and O–H groups in total. The minimum Gasteiger partial charge on any atom is -0.362 e. The maximum Gasteiger partial charge on any atom is 0.330 e. The summed E-state index contributed by atoms with van der Waals surface area (Å²) in [5.74, 6) is -0.260. The number of aryl methyl sites for hydroxylation is 2. The van der Waals surface area contributed by atoms with E-state index in [2.05, 4.69) is 10.5 Å². The number of aromatic nitrogens is 1. The van der Waals surface area contributed by atoms with Crippen LogP contribution in [0.4, 0.5) is 10.5 Å². The Hall–Kier alpha value is -2.63. The molecule has 6 heteroatoms. The average molecular weight is 283 g/mol. The Bertz CT molecular complexity index is 767. The van der Waals surface area contributed by atoms with Crippen molar-refractivity contribution in [1.29, 1.82) is 0 Å². The van der Waals surface area contributed by atoms with Gasteiger partial charge >= 0.3 is 6.03 Å². The highest BCUT2D eigenvalue weighted by molar-refractivity contribution is 6.23. The molecule has 6 nitrogen and oxygen atoms in total. The van der Waals surface area contributed by atoms with Crippen LogP contribution in [0.3, 0.4) is 0 Å². The largest absolute Gasteiger partial charge is 0.362 e. The first kappa shape index (κ1) is 12.1. The number of hydrogen-bond acceptors (Lipinski definition) is 4. The Morgan fingerprint density at radius 1 is 1.33 bits per heavy atom. The lowest BCUT2D eigenvalue weighted by molar-refractivity contribution is -0.122. The van der Waals surface area contributed by atoms with Gasteiger partial charge in [-0.25, -0.2) is 9.69 Å². The summed E-state index contributed by atoms with van der Waals surface area (Å²) in [6, 6.07) is 7.31. The van der Waals surface area contributed by atoms with Gasteiger partial charge in [-0.1, -0.05) is 29.4 Å². The van der Waals surface area contributed by atoms with Crippen molar-refractivity contribution in [3.63, 3.8) is 0 Å². The number of urea groups is 1. The predicted molar refractivity (Wildman–Crippen MR) is 73.7 cm³/mol. The number of nitrogens with zero attached hydrogens (tertiary/aromatic N) is 2. The van der Waals surface area contributed by atoms with E-state index in [0.29, 0.717) is 17.8 Å². The Labute approximate surface area is 120 Å². The second-order valence-electron chi connectivity index (χ2n) is 5.42. The van der Waals surface area contributed by atoms with Crippen LogP contribution in [0.1, 0.15) is 23.2 Å². The predicted octanol–water partition coefficient (Wildman–Crippen LogP) is 1.88. The number of rotatable bonds is 1. The molecule has 21 heavy (non-hydrogen) atoms. The van der Waals surface area contributed by atoms with Crippen molar-refractivity contribution in [3.8, 4) is 0 Å². The molecule has 106 valence electrons. The van der Waals surface area contributed by atoms with Crippen LogP contribution in [0.5, 0.6) is 0 Å². The van der Waals surface area contributed by atoms with Gasteiger partial charge in [0.25, 0.3) is 5.91 Å². The van der Waals surface area contributed by atoms with Gasteiger partial charge in [0.15, 0.2) is 0 Å². The minimum absolute atomic E-state index is 0.260. The summed E-state index contributed by atoms with van der Waals surface area (Å²) in [5, 5.41) is 6.61. The molecule has 2 aliphatic rings. The molecule has 1 unspecified atom stereocenters. The van der Waals surface area contributed by atoms with Crippen LogP contribution >= 0.6 is 0 Å². The van der Waals surface area contributed by atoms with E-state index >= 15 is 0 Å². The average Bonchev–Trinajstić information content (AvgIpc) is 3.11. The molecule has 0 bridgehead atoms. The first-order valence-corrected chi connectivity index (χ1v) is 6.79. The Morgan fingerprint density at radius 2 is 2.14 bits per heavy atom. The lowest BCUT2D eigenvalue weighted by Gasteiger charge is -2.21. The molecule has 1 aliphatic carbocycles. The van der Waals surface area contributed by atoms with Crippen LogP contribution in [0.2, 0.25) is 0 Å². The SMILES string of the molecule is Cc1nocc1N1C(=O)NC2(CCc3ccccc32)C1=O. The smallest absolute Gasteiger partial charge is 0.330 e. The van der Waals surface area contributed by atoms with E-state index in [1.807, 2.05) is 24.3 Å². The van der Waals surface area contributed by atoms with Crippen molar-refractivity contribution in [2.24, 2.45) is 0 Å². The molecule has 0 radical (unpaired) electrons. The highest BCUT2D eigenvalue weighted by Gasteiger charge is 2.56. The molecule has 1 aliphatic heterocycles. The number of carbonyl (C=O) groups excluding carboxylic acids is 2. The number of amides is 3. The highest BCUT2D eigenvalue weighted by Crippen LogP contribution is 2.42. The Morgan fingerprint density at radius 3 is 2.90 bits per heavy atom. The van der Waals surface area contributed by atoms with Gasteiger partial charge in [-0.2, -0.15) is 0 Å². The first-order valence-electron chi connectivity index (χ1n) is 6.79. The van der Waals surface area contributed by atoms with Gasteiger partial charge in [0.2, 0.25) is 0 Å². The van der Waals surface area contributed by atoms with Gasteiger partial charge < -0.3 is 9.84 Å². The summed E-state index contributed by atoms with van der Waals surface area (Å²) in [6.45, 7) is 1.70. The van der Waals surface area contributed by atoms with E-state index in [9.17, 15) is 9.59 Å². The van der Waals surface area contributed by atoms with Crippen molar-refractivity contribution < 1.29 is 14.1 Å². The zero-order valence-electron chi connectivity index (χ0n) is 11.4. The van der Waals surface area contributed by atoms with Gasteiger partial charge in [0.1, 0.15) is 23.2 Å². The van der Waals surface area contributed by atoms with E-state index in [0.717, 1.165) is 22.4 Å². The summed E-state index contributed by atoms with van der Waals surface area (Å²) >= 11 is 0. The monoisotopic (exact) mass is 283 g/mol. The lowest BCUT2D eigenvalue weighted by atomic mass is 9.92. The standard InChI is InChI=1S/C15H13N3O3/c1-9-12(8-21-17-9)18-13(19)15(16-14(18)20)7-6-10-4-2-3-5-11(10)15/h2-5,8H,6-7H2,1H3,(H,16,20). The number of hydrogen-bond donors (Lipinski definition) is 1. The molecular weight excluding hydrogens is 270 g/mol. The summed E-state index contributed by atoms with van der Waals surface area (Å²) in [4.78, 5) is 26.4. The molecule has 4 rings (SSSR count). The van der Waals surface area contributed by atoms with Gasteiger partial charge in [0, 0.05) is 0 Å². The molecule has 3 amide bonds. The van der Waals surface area contributed by atoms with Crippen molar-refractivity contribution in [1.82, 2.24) is 10.5 Å². The van der Waals surface area contributed by atoms with Crippen molar-refractivity contribution in [2.45, 2.75) is 25.3 Å². The van der Waals surface area contributed by atoms with Gasteiger partial charge in [-0.15, -0.1) is 0 Å². The van der Waals surface area contributed by atoms with Crippen molar-refractivity contribution in [3.05, 3.63) is 47.3 Å². The van der Waals surface area contributed by atoms with Crippen molar-refractivity contribution >= 4 is 17.6 Å². The topological polar surface area (TPSA) is 75.4 Å². The summed E-state index contributed by atoms with van der Waals surface area (Å²) in [7, 11) is 0. The number of nitrogens with one attached hydrogen (secondary N) is 1. The zero-order chi connectivity index (χ0) is 14.6. The molecule has 1 spiro atoms. The Balaban J connectivity index is 1.83. The molecule has 1 saturated heterocycles. The normalized spacial score (nSPS) is 23.8. The molecule has 0 saturated carbocycles. The van der Waals surface area contributed by atoms with Crippen LogP contribution in [0, 0.1) is 6.92 Å². The molecule has 2 heterocycles. The van der Waals surface area contributed by atoms with Crippen LogP contribution in [0.15, 0.2) is 35.1 Å². The molecular formula is C15H13N3O3. The third-order valence-corrected chi connectivity index (χ3v) is 4.30. The Kier molecular flexibility index (Phi) is 2.28. The van der Waals surface area contributed by atoms with Crippen LogP contribution in [0.25, 0.3) is 0 Å². The fourth-order valence-corrected chi connectivity index (χ4v) is 3.26. The van der Waals surface area contributed by atoms with Crippen molar-refractivity contribution in [2.75, 3.05) is 4.90 Å². The molecule has 1 aromatic heterocycles. The van der Waals surface area contributed by atoms with Crippen LogP contribution in [-0.2, 0) is 16.8 Å².